The number of nitrogens with zero attached hydrogens (tertiary/aromatic N) is 3. The third kappa shape index (κ3) is 5.50. The summed E-state index contributed by atoms with van der Waals surface area (Å²) in [5.41, 5.74) is 1.35. The second-order valence-corrected chi connectivity index (χ2v) is 7.38. The second-order valence-electron chi connectivity index (χ2n) is 5.78. The van der Waals surface area contributed by atoms with Crippen molar-refractivity contribution in [2.45, 2.75) is 11.4 Å². The van der Waals surface area contributed by atoms with Crippen LogP contribution in [-0.4, -0.2) is 53.3 Å². The molecule has 0 radical (unpaired) electrons. The fourth-order valence-electron chi connectivity index (χ4n) is 2.74. The molecule has 2 aromatic rings. The summed E-state index contributed by atoms with van der Waals surface area (Å²) in [6.07, 6.45) is 3.75. The number of pyridine rings is 1. The molecule has 0 saturated carbocycles. The van der Waals surface area contributed by atoms with Gasteiger partial charge in [0.25, 0.3) is 0 Å². The van der Waals surface area contributed by atoms with Crippen molar-refractivity contribution < 1.29 is 0 Å². The summed E-state index contributed by atoms with van der Waals surface area (Å²) in [5, 5.41) is 0.805. The molecule has 0 bridgehead atoms. The van der Waals surface area contributed by atoms with E-state index < -0.39 is 0 Å². The van der Waals surface area contributed by atoms with Crippen molar-refractivity contribution in [3.8, 4) is 0 Å². The van der Waals surface area contributed by atoms with Crippen molar-refractivity contribution in [3.05, 3.63) is 59.4 Å². The number of halogens is 1. The average molecular weight is 348 g/mol. The van der Waals surface area contributed by atoms with Gasteiger partial charge >= 0.3 is 0 Å². The van der Waals surface area contributed by atoms with Gasteiger partial charge in [-0.2, -0.15) is 0 Å². The zero-order valence-electron chi connectivity index (χ0n) is 13.2. The molecule has 1 aromatic carbocycles. The molecule has 0 atom stereocenters. The summed E-state index contributed by atoms with van der Waals surface area (Å²) < 4.78 is 0. The van der Waals surface area contributed by atoms with E-state index in [0.29, 0.717) is 0 Å². The first-order valence-corrected chi connectivity index (χ1v) is 9.38. The molecule has 3 nitrogen and oxygen atoms in total. The van der Waals surface area contributed by atoms with Crippen LogP contribution in [-0.2, 0) is 6.54 Å². The first kappa shape index (κ1) is 16.8. The van der Waals surface area contributed by atoms with Gasteiger partial charge in [-0.3, -0.25) is 14.8 Å². The van der Waals surface area contributed by atoms with Crippen LogP contribution in [0.15, 0.2) is 53.7 Å². The van der Waals surface area contributed by atoms with E-state index in [-0.39, 0.29) is 0 Å². The predicted molar refractivity (Wildman–Crippen MR) is 98.1 cm³/mol. The Labute approximate surface area is 147 Å². The number of benzene rings is 1. The van der Waals surface area contributed by atoms with Crippen molar-refractivity contribution >= 4 is 23.4 Å². The first-order valence-electron chi connectivity index (χ1n) is 8.01. The molecule has 23 heavy (non-hydrogen) atoms. The highest BCUT2D eigenvalue weighted by Gasteiger charge is 2.16. The third-order valence-corrected chi connectivity index (χ3v) is 5.35. The molecule has 0 spiro atoms. The Morgan fingerprint density at radius 3 is 2.26 bits per heavy atom. The summed E-state index contributed by atoms with van der Waals surface area (Å²) in [7, 11) is 0. The molecule has 1 saturated heterocycles. The van der Waals surface area contributed by atoms with Crippen LogP contribution in [0.5, 0.6) is 0 Å². The van der Waals surface area contributed by atoms with Crippen LogP contribution in [0.2, 0.25) is 5.02 Å². The lowest BCUT2D eigenvalue weighted by molar-refractivity contribution is 0.133. The van der Waals surface area contributed by atoms with Crippen molar-refractivity contribution in [3.63, 3.8) is 0 Å². The zero-order valence-corrected chi connectivity index (χ0v) is 14.8. The highest BCUT2D eigenvalue weighted by atomic mass is 35.5. The Hall–Kier alpha value is -1.07. The van der Waals surface area contributed by atoms with Gasteiger partial charge in [0.15, 0.2) is 0 Å². The molecule has 1 fully saturated rings. The zero-order chi connectivity index (χ0) is 15.9. The molecular weight excluding hydrogens is 326 g/mol. The van der Waals surface area contributed by atoms with Gasteiger partial charge in [0, 0.05) is 67.3 Å². The van der Waals surface area contributed by atoms with Crippen LogP contribution >= 0.6 is 23.4 Å². The Kier molecular flexibility index (Phi) is 6.34. The summed E-state index contributed by atoms with van der Waals surface area (Å²) in [5.74, 6) is 1.13. The summed E-state index contributed by atoms with van der Waals surface area (Å²) in [6.45, 7) is 6.80. The number of rotatable bonds is 6. The van der Waals surface area contributed by atoms with Crippen molar-refractivity contribution in [2.24, 2.45) is 0 Å². The Balaban J connectivity index is 1.35. The SMILES string of the molecule is Clc1ccc(SCCN2CCN(Cc3ccncc3)CC2)cc1. The van der Waals surface area contributed by atoms with Gasteiger partial charge in [0.2, 0.25) is 0 Å². The summed E-state index contributed by atoms with van der Waals surface area (Å²) >= 11 is 7.82. The van der Waals surface area contributed by atoms with Crippen LogP contribution in [0, 0.1) is 0 Å². The number of aromatic nitrogens is 1. The lowest BCUT2D eigenvalue weighted by Gasteiger charge is -2.34. The van der Waals surface area contributed by atoms with Gasteiger partial charge in [-0.05, 0) is 42.0 Å². The first-order chi connectivity index (χ1) is 11.3. The minimum atomic E-state index is 0.805. The smallest absolute Gasteiger partial charge is 0.0406 e. The van der Waals surface area contributed by atoms with E-state index in [1.54, 1.807) is 0 Å². The number of hydrogen-bond acceptors (Lipinski definition) is 4. The maximum atomic E-state index is 5.91. The number of thioether (sulfide) groups is 1. The lowest BCUT2D eigenvalue weighted by Crippen LogP contribution is -2.46. The molecular formula is C18H22ClN3S. The van der Waals surface area contributed by atoms with Gasteiger partial charge in [0.05, 0.1) is 0 Å². The minimum absolute atomic E-state index is 0.805. The lowest BCUT2D eigenvalue weighted by atomic mass is 10.2. The molecule has 0 unspecified atom stereocenters. The van der Waals surface area contributed by atoms with E-state index in [1.807, 2.05) is 36.3 Å². The Morgan fingerprint density at radius 2 is 1.57 bits per heavy atom. The minimum Gasteiger partial charge on any atom is -0.300 e. The maximum Gasteiger partial charge on any atom is 0.0406 e. The number of hydrogen-bond donors (Lipinski definition) is 0. The molecule has 1 aromatic heterocycles. The highest BCUT2D eigenvalue weighted by molar-refractivity contribution is 7.99. The fraction of sp³-hybridized carbons (Fsp3) is 0.389. The van der Waals surface area contributed by atoms with E-state index in [9.17, 15) is 0 Å². The third-order valence-electron chi connectivity index (χ3n) is 4.11. The van der Waals surface area contributed by atoms with Crippen molar-refractivity contribution in [1.82, 2.24) is 14.8 Å². The monoisotopic (exact) mass is 347 g/mol. The van der Waals surface area contributed by atoms with Crippen LogP contribution in [0.1, 0.15) is 5.56 Å². The van der Waals surface area contributed by atoms with Gasteiger partial charge in [0.1, 0.15) is 0 Å². The van der Waals surface area contributed by atoms with E-state index in [2.05, 4.69) is 39.0 Å². The number of piperazine rings is 1. The molecule has 122 valence electrons. The average Bonchev–Trinajstić information content (AvgIpc) is 2.59. The molecule has 3 rings (SSSR count). The van der Waals surface area contributed by atoms with Crippen LogP contribution < -0.4 is 0 Å². The van der Waals surface area contributed by atoms with Gasteiger partial charge in [-0.15, -0.1) is 11.8 Å². The fourth-order valence-corrected chi connectivity index (χ4v) is 3.78. The summed E-state index contributed by atoms with van der Waals surface area (Å²) in [4.78, 5) is 10.5. The van der Waals surface area contributed by atoms with E-state index in [1.165, 1.54) is 10.5 Å². The van der Waals surface area contributed by atoms with Gasteiger partial charge in [-0.1, -0.05) is 11.6 Å². The topological polar surface area (TPSA) is 19.4 Å². The predicted octanol–water partition coefficient (Wildman–Crippen LogP) is 3.64. The second kappa shape index (κ2) is 8.69. The van der Waals surface area contributed by atoms with Crippen LogP contribution in [0.25, 0.3) is 0 Å². The normalized spacial score (nSPS) is 16.6. The molecule has 0 N–H and O–H groups in total. The van der Waals surface area contributed by atoms with E-state index in [4.69, 9.17) is 11.6 Å². The summed E-state index contributed by atoms with van der Waals surface area (Å²) in [6, 6.07) is 12.3. The van der Waals surface area contributed by atoms with Gasteiger partial charge in [-0.25, -0.2) is 0 Å². The Bertz CT molecular complexity index is 583. The van der Waals surface area contributed by atoms with Crippen LogP contribution in [0.3, 0.4) is 0 Å². The maximum absolute atomic E-state index is 5.91. The molecule has 0 amide bonds. The van der Waals surface area contributed by atoms with Crippen LogP contribution in [0.4, 0.5) is 0 Å². The molecule has 2 heterocycles. The molecule has 1 aliphatic heterocycles. The highest BCUT2D eigenvalue weighted by Crippen LogP contribution is 2.20. The van der Waals surface area contributed by atoms with Crippen molar-refractivity contribution in [2.75, 3.05) is 38.5 Å². The van der Waals surface area contributed by atoms with Crippen molar-refractivity contribution in [1.29, 1.82) is 0 Å². The van der Waals surface area contributed by atoms with Gasteiger partial charge < -0.3 is 0 Å². The Morgan fingerprint density at radius 1 is 0.913 bits per heavy atom. The molecule has 5 heteroatoms. The molecule has 0 aliphatic carbocycles. The van der Waals surface area contributed by atoms with E-state index >= 15 is 0 Å². The quantitative estimate of drug-likeness (QED) is 0.743. The largest absolute Gasteiger partial charge is 0.300 e. The molecule has 1 aliphatic rings. The standard InChI is InChI=1S/C18H22ClN3S/c19-17-1-3-18(4-2-17)23-14-13-21-9-11-22(12-10-21)15-16-5-7-20-8-6-16/h1-8H,9-15H2. The van der Waals surface area contributed by atoms with E-state index in [0.717, 1.165) is 50.0 Å².